The molecule has 98 valence electrons. The van der Waals surface area contributed by atoms with Crippen LogP contribution in [-0.4, -0.2) is 0 Å². The summed E-state index contributed by atoms with van der Waals surface area (Å²) in [5, 5.41) is 35.3. The molecule has 1 aromatic heterocycles. The van der Waals surface area contributed by atoms with Gasteiger partial charge in [0.1, 0.15) is 24.3 Å². The minimum atomic E-state index is -1.21. The Labute approximate surface area is 116 Å². The van der Waals surface area contributed by atoms with Crippen molar-refractivity contribution in [3.05, 3.63) is 34.6 Å². The van der Waals surface area contributed by atoms with E-state index in [2.05, 4.69) is 0 Å². The number of hydrogen-bond acceptors (Lipinski definition) is 5. The Kier molecular flexibility index (Phi) is 3.36. The number of rotatable bonds is 0. The van der Waals surface area contributed by atoms with E-state index in [1.165, 1.54) is 0 Å². The van der Waals surface area contributed by atoms with Crippen molar-refractivity contribution in [2.45, 2.75) is 0 Å². The first kappa shape index (κ1) is 13.7. The average molecular weight is 280 g/mol. The van der Waals surface area contributed by atoms with E-state index in [1.54, 1.807) is 24.3 Å². The van der Waals surface area contributed by atoms with Gasteiger partial charge in [0.25, 0.3) is 0 Å². The van der Waals surface area contributed by atoms with Crippen molar-refractivity contribution in [1.82, 2.24) is 0 Å². The van der Waals surface area contributed by atoms with E-state index in [0.717, 1.165) is 12.1 Å². The normalized spacial score (nSPS) is 9.24. The molecule has 0 N–H and O–H groups in total. The zero-order valence-corrected chi connectivity index (χ0v) is 10.1. The highest BCUT2D eigenvalue weighted by Gasteiger charge is 2.15. The first-order chi connectivity index (χ1) is 10.1. The summed E-state index contributed by atoms with van der Waals surface area (Å²) in [5.41, 5.74) is -1.58. The lowest BCUT2D eigenvalue weighted by atomic mass is 10.1. The van der Waals surface area contributed by atoms with E-state index < -0.39 is 22.8 Å². The highest BCUT2D eigenvalue weighted by atomic mass is 19.2. The zero-order chi connectivity index (χ0) is 15.6. The maximum atomic E-state index is 13.3. The van der Waals surface area contributed by atoms with E-state index in [-0.39, 0.29) is 21.6 Å². The van der Waals surface area contributed by atoms with Crippen LogP contribution in [-0.2, 0) is 0 Å². The molecule has 0 saturated heterocycles. The predicted molar refractivity (Wildman–Crippen MR) is 64.6 cm³/mol. The number of benzene rings is 1. The van der Waals surface area contributed by atoms with Crippen molar-refractivity contribution >= 4 is 21.9 Å². The molecule has 0 aliphatic carbocycles. The van der Waals surface area contributed by atoms with Crippen LogP contribution in [0, 0.1) is 57.0 Å². The monoisotopic (exact) mass is 280 g/mol. The molecule has 0 bridgehead atoms. The maximum absolute atomic E-state index is 13.3. The summed E-state index contributed by atoms with van der Waals surface area (Å²) in [6.45, 7) is 0. The first-order valence-electron chi connectivity index (χ1n) is 5.34. The van der Waals surface area contributed by atoms with Gasteiger partial charge in [-0.25, -0.2) is 8.78 Å². The topological polar surface area (TPSA) is 108 Å². The van der Waals surface area contributed by atoms with Crippen molar-refractivity contribution in [2.24, 2.45) is 0 Å². The Hall–Kier alpha value is -3.68. The lowest BCUT2D eigenvalue weighted by Crippen LogP contribution is -2.05. The van der Waals surface area contributed by atoms with Crippen LogP contribution in [0.1, 0.15) is 0 Å². The molecule has 2 rings (SSSR count). The molecule has 0 atom stereocenters. The third-order valence-corrected chi connectivity index (χ3v) is 2.66. The Balaban J connectivity index is 3.28. The summed E-state index contributed by atoms with van der Waals surface area (Å²) in [6.07, 6.45) is 0. The molecule has 0 aliphatic rings. The smallest absolute Gasteiger partial charge is 0.172 e. The summed E-state index contributed by atoms with van der Waals surface area (Å²) in [4.78, 5) is 0. The molecule has 21 heavy (non-hydrogen) atoms. The number of nitrogens with zero attached hydrogens (tertiary/aromatic N) is 4. The zero-order valence-electron chi connectivity index (χ0n) is 10.1. The number of nitriles is 4. The number of halogens is 2. The summed E-state index contributed by atoms with van der Waals surface area (Å²) in [5.74, 6) is -2.41. The molecule has 1 heterocycles. The largest absolute Gasteiger partial charge is 0.452 e. The fourth-order valence-electron chi connectivity index (χ4n) is 1.76. The molecule has 0 amide bonds. The molecule has 2 aromatic rings. The highest BCUT2D eigenvalue weighted by molar-refractivity contribution is 5.91. The van der Waals surface area contributed by atoms with Gasteiger partial charge in [0.2, 0.25) is 0 Å². The number of furan rings is 1. The van der Waals surface area contributed by atoms with Gasteiger partial charge in [-0.05, 0) is 12.1 Å². The first-order valence-corrected chi connectivity index (χ1v) is 5.34. The third-order valence-electron chi connectivity index (χ3n) is 2.66. The maximum Gasteiger partial charge on any atom is 0.172 e. The Bertz CT molecular complexity index is 937. The van der Waals surface area contributed by atoms with E-state index in [0.29, 0.717) is 0 Å². The molecular weight excluding hydrogens is 278 g/mol. The van der Waals surface area contributed by atoms with Gasteiger partial charge in [0, 0.05) is 10.8 Å². The van der Waals surface area contributed by atoms with Crippen LogP contribution in [0.5, 0.6) is 0 Å². The second-order valence-corrected chi connectivity index (χ2v) is 3.77. The fourth-order valence-corrected chi connectivity index (χ4v) is 1.76. The van der Waals surface area contributed by atoms with Gasteiger partial charge < -0.3 is 4.42 Å². The van der Waals surface area contributed by atoms with Gasteiger partial charge >= 0.3 is 0 Å². The fraction of sp³-hybridized carbons (Fsp3) is 0. The van der Waals surface area contributed by atoms with Crippen LogP contribution in [0.25, 0.3) is 21.9 Å². The summed E-state index contributed by atoms with van der Waals surface area (Å²) in [6, 6.07) is 7.70. The predicted octanol–water partition coefficient (Wildman–Crippen LogP) is 1.11. The van der Waals surface area contributed by atoms with Crippen molar-refractivity contribution in [2.75, 3.05) is 0 Å². The molecule has 0 saturated carbocycles. The second-order valence-electron chi connectivity index (χ2n) is 3.77. The van der Waals surface area contributed by atoms with Crippen LogP contribution in [0.3, 0.4) is 0 Å². The van der Waals surface area contributed by atoms with Crippen molar-refractivity contribution in [1.29, 1.82) is 21.0 Å². The summed E-state index contributed by atoms with van der Waals surface area (Å²) < 4.78 is 31.9. The van der Waals surface area contributed by atoms with Crippen molar-refractivity contribution in [3.8, 4) is 24.3 Å². The molecule has 0 fully saturated rings. The molecular formula is C14H2F2N4O. The molecule has 1 aromatic carbocycles. The Morgan fingerprint density at radius 1 is 0.762 bits per heavy atom. The quantitative estimate of drug-likeness (QED) is 0.718. The second kappa shape index (κ2) is 5.13. The highest BCUT2D eigenvalue weighted by Crippen LogP contribution is 2.14. The van der Waals surface area contributed by atoms with Crippen LogP contribution in [0.15, 0.2) is 16.5 Å². The average Bonchev–Trinajstić information content (AvgIpc) is 2.82. The van der Waals surface area contributed by atoms with Gasteiger partial charge in [-0.2, -0.15) is 21.0 Å². The molecule has 5 nitrogen and oxygen atoms in total. The standard InChI is InChI=1S/C14H2F2N4O/c15-11-1-9-10(2-12(11)16)14(8(5-19)6-20)21-13(9)7(3-17)4-18/h1-2H. The van der Waals surface area contributed by atoms with Gasteiger partial charge in [0.05, 0.1) is 0 Å². The molecule has 0 aliphatic heterocycles. The molecule has 0 radical (unpaired) electrons. The van der Waals surface area contributed by atoms with Crippen molar-refractivity contribution < 1.29 is 13.2 Å². The van der Waals surface area contributed by atoms with Crippen LogP contribution < -0.4 is 10.8 Å². The third kappa shape index (κ3) is 2.06. The lowest BCUT2D eigenvalue weighted by Gasteiger charge is -1.92. The van der Waals surface area contributed by atoms with E-state index in [9.17, 15) is 8.78 Å². The summed E-state index contributed by atoms with van der Waals surface area (Å²) in [7, 11) is 0. The Morgan fingerprint density at radius 2 is 1.10 bits per heavy atom. The van der Waals surface area contributed by atoms with Gasteiger partial charge in [-0.1, -0.05) is 0 Å². The molecule has 0 unspecified atom stereocenters. The van der Waals surface area contributed by atoms with Crippen LogP contribution in [0.4, 0.5) is 8.78 Å². The number of hydrogen-bond donors (Lipinski definition) is 0. The van der Waals surface area contributed by atoms with E-state index in [4.69, 9.17) is 25.5 Å². The van der Waals surface area contributed by atoms with Crippen LogP contribution >= 0.6 is 0 Å². The molecule has 0 spiro atoms. The number of fused-ring (bicyclic) bond motifs is 1. The molecule has 7 heteroatoms. The van der Waals surface area contributed by atoms with Crippen LogP contribution in [0.2, 0.25) is 0 Å². The minimum absolute atomic E-state index is 0.0648. The van der Waals surface area contributed by atoms with Crippen molar-refractivity contribution in [3.63, 3.8) is 0 Å². The Morgan fingerprint density at radius 3 is 1.38 bits per heavy atom. The van der Waals surface area contributed by atoms with Gasteiger partial charge in [-0.3, -0.25) is 0 Å². The SMILES string of the molecule is N#CC(C#N)=c1oc(=C(C#N)C#N)c2cc(F)c(F)cc12. The minimum Gasteiger partial charge on any atom is -0.452 e. The van der Waals surface area contributed by atoms with Gasteiger partial charge in [-0.15, -0.1) is 0 Å². The van der Waals surface area contributed by atoms with E-state index in [1.807, 2.05) is 0 Å². The van der Waals surface area contributed by atoms with Gasteiger partial charge in [0.15, 0.2) is 33.6 Å². The summed E-state index contributed by atoms with van der Waals surface area (Å²) >= 11 is 0. The van der Waals surface area contributed by atoms with E-state index >= 15 is 0 Å². The lowest BCUT2D eigenvalue weighted by molar-refractivity contribution is 0.506.